The molecule has 1 heterocycles. The molecule has 6 nitrogen and oxygen atoms in total. The van der Waals surface area contributed by atoms with Crippen molar-refractivity contribution in [3.8, 4) is 17.1 Å². The van der Waals surface area contributed by atoms with E-state index in [9.17, 15) is 9.18 Å². The largest absolute Gasteiger partial charge is 0.494 e. The highest BCUT2D eigenvalue weighted by Crippen LogP contribution is 2.20. The van der Waals surface area contributed by atoms with Gasteiger partial charge in [0.15, 0.2) is 0 Å². The molecule has 0 atom stereocenters. The molecule has 0 unspecified atom stereocenters. The summed E-state index contributed by atoms with van der Waals surface area (Å²) in [7, 11) is 0. The Labute approximate surface area is 179 Å². The third-order valence-corrected chi connectivity index (χ3v) is 5.28. The van der Waals surface area contributed by atoms with E-state index in [0.29, 0.717) is 31.3 Å². The fraction of sp³-hybridized carbons (Fsp3) is 0.318. The molecule has 0 saturated heterocycles. The van der Waals surface area contributed by atoms with Crippen LogP contribution in [0.15, 0.2) is 57.9 Å². The number of nitrogens with zero attached hydrogens (tertiary/aromatic N) is 2. The van der Waals surface area contributed by atoms with Gasteiger partial charge in [-0.1, -0.05) is 5.16 Å². The predicted molar refractivity (Wildman–Crippen MR) is 114 cm³/mol. The SMILES string of the molecule is CCOc1ccc(-c2noc(CCC(=O)NCCCSc3ccc(F)cc3)n2)cc1. The number of rotatable bonds is 11. The quantitative estimate of drug-likeness (QED) is 0.357. The molecule has 0 aliphatic carbocycles. The van der Waals surface area contributed by atoms with E-state index in [1.54, 1.807) is 23.9 Å². The minimum Gasteiger partial charge on any atom is -0.494 e. The van der Waals surface area contributed by atoms with Crippen LogP contribution in [0.4, 0.5) is 4.39 Å². The number of carbonyl (C=O) groups is 1. The van der Waals surface area contributed by atoms with Crippen LogP contribution in [0.25, 0.3) is 11.4 Å². The molecule has 1 amide bonds. The second-order valence-corrected chi connectivity index (χ2v) is 7.64. The van der Waals surface area contributed by atoms with Crippen molar-refractivity contribution in [3.05, 3.63) is 60.2 Å². The molecule has 158 valence electrons. The van der Waals surface area contributed by atoms with Gasteiger partial charge in [0.05, 0.1) is 6.61 Å². The highest BCUT2D eigenvalue weighted by molar-refractivity contribution is 7.99. The molecule has 1 aromatic heterocycles. The van der Waals surface area contributed by atoms with E-state index in [1.807, 2.05) is 31.2 Å². The number of nitrogens with one attached hydrogen (secondary N) is 1. The summed E-state index contributed by atoms with van der Waals surface area (Å²) in [6, 6.07) is 13.9. The first-order chi connectivity index (χ1) is 14.6. The monoisotopic (exact) mass is 429 g/mol. The van der Waals surface area contributed by atoms with E-state index in [-0.39, 0.29) is 18.1 Å². The second kappa shape index (κ2) is 11.3. The molecule has 1 N–H and O–H groups in total. The molecule has 0 bridgehead atoms. The molecule has 0 radical (unpaired) electrons. The van der Waals surface area contributed by atoms with Gasteiger partial charge in [-0.15, -0.1) is 11.8 Å². The van der Waals surface area contributed by atoms with Gasteiger partial charge >= 0.3 is 0 Å². The number of hydrogen-bond donors (Lipinski definition) is 1. The average Bonchev–Trinajstić information content (AvgIpc) is 3.23. The van der Waals surface area contributed by atoms with Crippen molar-refractivity contribution in [3.63, 3.8) is 0 Å². The first kappa shape index (κ1) is 21.8. The van der Waals surface area contributed by atoms with Crippen molar-refractivity contribution < 1.29 is 18.4 Å². The topological polar surface area (TPSA) is 77.2 Å². The van der Waals surface area contributed by atoms with Crippen molar-refractivity contribution in [2.24, 2.45) is 0 Å². The summed E-state index contributed by atoms with van der Waals surface area (Å²) in [6.07, 6.45) is 1.51. The van der Waals surface area contributed by atoms with Crippen molar-refractivity contribution in [2.45, 2.75) is 31.1 Å². The number of halogens is 1. The number of ether oxygens (including phenoxy) is 1. The molecular weight excluding hydrogens is 405 g/mol. The fourth-order valence-electron chi connectivity index (χ4n) is 2.67. The number of benzene rings is 2. The minimum atomic E-state index is -0.237. The normalized spacial score (nSPS) is 10.7. The lowest BCUT2D eigenvalue weighted by Crippen LogP contribution is -2.25. The van der Waals surface area contributed by atoms with Crippen LogP contribution >= 0.6 is 11.8 Å². The standard InChI is InChI=1S/C22H24FN3O3S/c1-2-28-18-8-4-16(5-9-18)22-25-21(29-26-22)13-12-20(27)24-14-3-15-30-19-10-6-17(23)7-11-19/h4-11H,2-3,12-15H2,1H3,(H,24,27). The van der Waals surface area contributed by atoms with Gasteiger partial charge in [-0.2, -0.15) is 4.98 Å². The Kier molecular flexibility index (Phi) is 8.26. The van der Waals surface area contributed by atoms with Gasteiger partial charge < -0.3 is 14.6 Å². The molecule has 30 heavy (non-hydrogen) atoms. The van der Waals surface area contributed by atoms with Crippen molar-refractivity contribution in [1.29, 1.82) is 0 Å². The zero-order valence-corrected chi connectivity index (χ0v) is 17.6. The van der Waals surface area contributed by atoms with Crippen LogP contribution in [0.3, 0.4) is 0 Å². The zero-order chi connectivity index (χ0) is 21.2. The lowest BCUT2D eigenvalue weighted by Gasteiger charge is -2.04. The number of aryl methyl sites for hydroxylation is 1. The highest BCUT2D eigenvalue weighted by atomic mass is 32.2. The summed E-state index contributed by atoms with van der Waals surface area (Å²) in [4.78, 5) is 17.4. The number of hydrogen-bond acceptors (Lipinski definition) is 6. The number of aromatic nitrogens is 2. The van der Waals surface area contributed by atoms with Crippen molar-refractivity contribution in [1.82, 2.24) is 15.5 Å². The van der Waals surface area contributed by atoms with E-state index in [1.165, 1.54) is 12.1 Å². The lowest BCUT2D eigenvalue weighted by atomic mass is 10.2. The fourth-order valence-corrected chi connectivity index (χ4v) is 3.52. The maximum absolute atomic E-state index is 12.9. The van der Waals surface area contributed by atoms with Gasteiger partial charge in [-0.05, 0) is 67.6 Å². The summed E-state index contributed by atoms with van der Waals surface area (Å²) in [5.41, 5.74) is 0.830. The van der Waals surface area contributed by atoms with Crippen LogP contribution in [-0.2, 0) is 11.2 Å². The van der Waals surface area contributed by atoms with Crippen LogP contribution < -0.4 is 10.1 Å². The summed E-state index contributed by atoms with van der Waals surface area (Å²) >= 11 is 1.64. The van der Waals surface area contributed by atoms with E-state index >= 15 is 0 Å². The molecular formula is C22H24FN3O3S. The van der Waals surface area contributed by atoms with Crippen molar-refractivity contribution >= 4 is 17.7 Å². The van der Waals surface area contributed by atoms with Crippen LogP contribution in [-0.4, -0.2) is 35.0 Å². The smallest absolute Gasteiger partial charge is 0.227 e. The Hall–Kier alpha value is -2.87. The molecule has 0 aliphatic heterocycles. The number of thioether (sulfide) groups is 1. The molecule has 0 saturated carbocycles. The molecule has 0 spiro atoms. The Morgan fingerprint density at radius 1 is 1.17 bits per heavy atom. The molecule has 3 rings (SSSR count). The summed E-state index contributed by atoms with van der Waals surface area (Å²) < 4.78 is 23.5. The molecule has 3 aromatic rings. The Bertz CT molecular complexity index is 930. The third-order valence-electron chi connectivity index (χ3n) is 4.18. The first-order valence-corrected chi connectivity index (χ1v) is 10.8. The zero-order valence-electron chi connectivity index (χ0n) is 16.8. The summed E-state index contributed by atoms with van der Waals surface area (Å²) in [5, 5.41) is 6.86. The van der Waals surface area contributed by atoms with Gasteiger partial charge in [-0.3, -0.25) is 4.79 Å². The van der Waals surface area contributed by atoms with Gasteiger partial charge in [0.2, 0.25) is 17.6 Å². The maximum Gasteiger partial charge on any atom is 0.227 e. The van der Waals surface area contributed by atoms with Gasteiger partial charge in [0, 0.05) is 29.8 Å². The van der Waals surface area contributed by atoms with E-state index < -0.39 is 0 Å². The molecule has 8 heteroatoms. The number of amides is 1. The van der Waals surface area contributed by atoms with E-state index in [0.717, 1.165) is 28.4 Å². The Balaban J connectivity index is 1.34. The average molecular weight is 430 g/mol. The maximum atomic E-state index is 12.9. The van der Waals surface area contributed by atoms with E-state index in [4.69, 9.17) is 9.26 Å². The lowest BCUT2D eigenvalue weighted by molar-refractivity contribution is -0.121. The van der Waals surface area contributed by atoms with E-state index in [2.05, 4.69) is 15.5 Å². The summed E-state index contributed by atoms with van der Waals surface area (Å²) in [5.74, 6) is 2.27. The summed E-state index contributed by atoms with van der Waals surface area (Å²) in [6.45, 7) is 3.14. The molecule has 0 aliphatic rings. The van der Waals surface area contributed by atoms with Crippen LogP contribution in [0, 0.1) is 5.82 Å². The Morgan fingerprint density at radius 3 is 2.67 bits per heavy atom. The van der Waals surface area contributed by atoms with Gasteiger partial charge in [0.1, 0.15) is 11.6 Å². The second-order valence-electron chi connectivity index (χ2n) is 6.48. The number of carbonyl (C=O) groups excluding carboxylic acids is 1. The van der Waals surface area contributed by atoms with Crippen LogP contribution in [0.2, 0.25) is 0 Å². The predicted octanol–water partition coefficient (Wildman–Crippen LogP) is 4.51. The molecule has 0 fully saturated rings. The molecule has 2 aromatic carbocycles. The minimum absolute atomic E-state index is 0.0531. The van der Waals surface area contributed by atoms with Gasteiger partial charge in [0.25, 0.3) is 0 Å². The van der Waals surface area contributed by atoms with Crippen LogP contribution in [0.1, 0.15) is 25.7 Å². The highest BCUT2D eigenvalue weighted by Gasteiger charge is 2.11. The third kappa shape index (κ3) is 6.88. The van der Waals surface area contributed by atoms with Crippen molar-refractivity contribution in [2.75, 3.05) is 18.9 Å². The van der Waals surface area contributed by atoms with Gasteiger partial charge in [-0.25, -0.2) is 4.39 Å². The van der Waals surface area contributed by atoms with Crippen LogP contribution in [0.5, 0.6) is 5.75 Å². The Morgan fingerprint density at radius 2 is 1.93 bits per heavy atom. The first-order valence-electron chi connectivity index (χ1n) is 9.85.